The fourth-order valence-corrected chi connectivity index (χ4v) is 4.42. The molecule has 0 bridgehead atoms. The Balaban J connectivity index is 2.25. The van der Waals surface area contributed by atoms with Gasteiger partial charge in [0.25, 0.3) is 0 Å². The fourth-order valence-electron chi connectivity index (χ4n) is 3.33. The lowest BCUT2D eigenvalue weighted by Crippen LogP contribution is -2.48. The van der Waals surface area contributed by atoms with Crippen molar-refractivity contribution in [2.45, 2.75) is 70.4 Å². The molecular formula is C21H32FN6O12P. The minimum Gasteiger partial charge on any atom is -0.463 e. The van der Waals surface area contributed by atoms with Crippen LogP contribution in [-0.2, 0) is 41.9 Å². The van der Waals surface area contributed by atoms with Gasteiger partial charge < -0.3 is 29.8 Å². The Morgan fingerprint density at radius 1 is 1.29 bits per heavy atom. The number of carbonyl (C=O) groups is 2. The van der Waals surface area contributed by atoms with Crippen LogP contribution in [0.2, 0.25) is 0 Å². The highest BCUT2D eigenvalue weighted by molar-refractivity contribution is 7.48. The number of phosphoric ester groups is 1. The van der Waals surface area contributed by atoms with E-state index in [4.69, 9.17) is 39.0 Å². The molecule has 5 atom stereocenters. The van der Waals surface area contributed by atoms with E-state index >= 15 is 4.39 Å². The molecule has 2 heterocycles. The van der Waals surface area contributed by atoms with Gasteiger partial charge in [0.2, 0.25) is 6.79 Å². The van der Waals surface area contributed by atoms with Crippen LogP contribution >= 0.6 is 7.82 Å². The Morgan fingerprint density at radius 3 is 2.59 bits per heavy atom. The van der Waals surface area contributed by atoms with Gasteiger partial charge in [0.1, 0.15) is 17.5 Å². The van der Waals surface area contributed by atoms with Gasteiger partial charge in [-0.2, -0.15) is 4.98 Å². The van der Waals surface area contributed by atoms with E-state index in [2.05, 4.69) is 19.7 Å². The molecule has 1 aromatic rings. The van der Waals surface area contributed by atoms with E-state index in [-0.39, 0.29) is 5.82 Å². The van der Waals surface area contributed by atoms with Crippen LogP contribution < -0.4 is 11.4 Å². The van der Waals surface area contributed by atoms with Crippen molar-refractivity contribution in [1.29, 1.82) is 0 Å². The second kappa shape index (κ2) is 15.1. The molecule has 20 heteroatoms. The van der Waals surface area contributed by atoms with E-state index in [1.165, 1.54) is 6.07 Å². The van der Waals surface area contributed by atoms with Gasteiger partial charge in [0, 0.05) is 11.1 Å². The first-order chi connectivity index (χ1) is 19.2. The van der Waals surface area contributed by atoms with Crippen LogP contribution in [0.5, 0.6) is 0 Å². The fraction of sp³-hybridized carbons (Fsp3) is 0.714. The Bertz CT molecular complexity index is 1180. The Kier molecular flexibility index (Phi) is 12.5. The summed E-state index contributed by atoms with van der Waals surface area (Å²) in [6.45, 7) is 2.98. The summed E-state index contributed by atoms with van der Waals surface area (Å²) in [5.74, 6) is -0.862. The lowest BCUT2D eigenvalue weighted by atomic mass is 9.97. The first kappa shape index (κ1) is 33.9. The Hall–Kier alpha value is -3.31. The van der Waals surface area contributed by atoms with E-state index in [0.29, 0.717) is 4.57 Å². The van der Waals surface area contributed by atoms with Crippen LogP contribution in [0.3, 0.4) is 0 Å². The maximum absolute atomic E-state index is 15.2. The SMILES string of the molecule is CC(C)OC(=O)CCOP(=O)(OCOC(=O)OC(C)C)OC[C@@]1(CN=[N+]=[N-])O[C@@H](n2ccc(N)nc2=O)[C@H](F)[C@@H]1O. The molecule has 0 aliphatic carbocycles. The number of azide groups is 1. The zero-order valence-corrected chi connectivity index (χ0v) is 23.5. The summed E-state index contributed by atoms with van der Waals surface area (Å²) < 4.78 is 64.6. The number of nitrogens with zero attached hydrogens (tertiary/aromatic N) is 5. The van der Waals surface area contributed by atoms with Crippen LogP contribution in [0.4, 0.5) is 15.0 Å². The molecule has 1 saturated heterocycles. The number of aromatic nitrogens is 2. The summed E-state index contributed by atoms with van der Waals surface area (Å²) in [4.78, 5) is 41.8. The molecule has 1 unspecified atom stereocenters. The van der Waals surface area contributed by atoms with Gasteiger partial charge in [-0.25, -0.2) is 23.1 Å². The number of ether oxygens (including phenoxy) is 4. The maximum atomic E-state index is 15.2. The molecule has 0 spiro atoms. The number of aliphatic hydroxyl groups is 1. The monoisotopic (exact) mass is 610 g/mol. The van der Waals surface area contributed by atoms with Gasteiger partial charge in [-0.1, -0.05) is 5.11 Å². The number of rotatable bonds is 15. The smallest absolute Gasteiger partial charge is 0.463 e. The number of hydrogen-bond donors (Lipinski definition) is 2. The van der Waals surface area contributed by atoms with Crippen molar-refractivity contribution in [3.8, 4) is 0 Å². The van der Waals surface area contributed by atoms with Crippen molar-refractivity contribution in [2.75, 3.05) is 32.3 Å². The normalized spacial score (nSPS) is 23.6. The summed E-state index contributed by atoms with van der Waals surface area (Å²) in [7, 11) is -4.77. The lowest BCUT2D eigenvalue weighted by Gasteiger charge is -2.31. The zero-order valence-electron chi connectivity index (χ0n) is 22.7. The third kappa shape index (κ3) is 9.93. The molecule has 1 aliphatic heterocycles. The summed E-state index contributed by atoms with van der Waals surface area (Å²) in [6.07, 6.45) is -7.66. The van der Waals surface area contributed by atoms with Crippen molar-refractivity contribution in [2.24, 2.45) is 5.11 Å². The molecule has 0 radical (unpaired) electrons. The molecule has 18 nitrogen and oxygen atoms in total. The minimum atomic E-state index is -4.77. The average Bonchev–Trinajstić information content (AvgIpc) is 3.11. The number of halogens is 1. The van der Waals surface area contributed by atoms with Gasteiger partial charge in [-0.05, 0) is 39.3 Å². The lowest BCUT2D eigenvalue weighted by molar-refractivity contribution is -0.148. The average molecular weight is 610 g/mol. The van der Waals surface area contributed by atoms with E-state index in [0.717, 1.165) is 6.20 Å². The summed E-state index contributed by atoms with van der Waals surface area (Å²) in [5, 5.41) is 14.0. The Morgan fingerprint density at radius 2 is 1.98 bits per heavy atom. The number of aliphatic hydroxyl groups excluding tert-OH is 1. The highest BCUT2D eigenvalue weighted by atomic mass is 31.2. The molecule has 1 aromatic heterocycles. The molecule has 1 fully saturated rings. The van der Waals surface area contributed by atoms with Crippen molar-refractivity contribution in [3.05, 3.63) is 33.2 Å². The van der Waals surface area contributed by atoms with Crippen LogP contribution in [0, 0.1) is 0 Å². The maximum Gasteiger partial charge on any atom is 0.510 e. The number of phosphoric acid groups is 1. The van der Waals surface area contributed by atoms with Crippen LogP contribution in [-0.4, -0.2) is 83.4 Å². The summed E-state index contributed by atoms with van der Waals surface area (Å²) in [5.41, 5.74) is 11.1. The number of alkyl halides is 1. The largest absolute Gasteiger partial charge is 0.510 e. The second-order valence-electron chi connectivity index (χ2n) is 9.04. The van der Waals surface area contributed by atoms with Crippen molar-refractivity contribution in [3.63, 3.8) is 0 Å². The predicted molar refractivity (Wildman–Crippen MR) is 135 cm³/mol. The van der Waals surface area contributed by atoms with E-state index < -0.39 is 94.9 Å². The number of anilines is 1. The van der Waals surface area contributed by atoms with Gasteiger partial charge in [-0.15, -0.1) is 0 Å². The molecule has 3 N–H and O–H groups in total. The van der Waals surface area contributed by atoms with Crippen LogP contribution in [0.15, 0.2) is 22.2 Å². The molecule has 0 saturated carbocycles. The van der Waals surface area contributed by atoms with Gasteiger partial charge in [0.05, 0.1) is 38.4 Å². The van der Waals surface area contributed by atoms with Crippen LogP contribution in [0.25, 0.3) is 10.4 Å². The molecule has 41 heavy (non-hydrogen) atoms. The Labute approximate surface area is 233 Å². The quantitative estimate of drug-likeness (QED) is 0.0721. The predicted octanol–water partition coefficient (Wildman–Crippen LogP) is 2.12. The van der Waals surface area contributed by atoms with E-state index in [1.807, 2.05) is 0 Å². The highest BCUT2D eigenvalue weighted by Crippen LogP contribution is 2.52. The van der Waals surface area contributed by atoms with Crippen molar-refractivity contribution >= 4 is 25.8 Å². The van der Waals surface area contributed by atoms with E-state index in [1.54, 1.807) is 27.7 Å². The third-order valence-corrected chi connectivity index (χ3v) is 6.47. The van der Waals surface area contributed by atoms with Gasteiger partial charge >= 0.3 is 25.6 Å². The van der Waals surface area contributed by atoms with Crippen molar-refractivity contribution in [1.82, 2.24) is 9.55 Å². The second-order valence-corrected chi connectivity index (χ2v) is 10.7. The molecule has 0 aromatic carbocycles. The first-order valence-corrected chi connectivity index (χ1v) is 13.6. The number of nitrogens with two attached hydrogens (primary N) is 1. The topological polar surface area (TPSA) is 246 Å². The summed E-state index contributed by atoms with van der Waals surface area (Å²) >= 11 is 0. The number of carbonyl (C=O) groups excluding carboxylic acids is 2. The number of hydrogen-bond acceptors (Lipinski definition) is 15. The minimum absolute atomic E-state index is 0.157. The van der Waals surface area contributed by atoms with E-state index in [9.17, 15) is 24.1 Å². The number of esters is 1. The molecule has 0 amide bonds. The zero-order chi connectivity index (χ0) is 30.8. The number of nitrogen functional groups attached to an aromatic ring is 1. The third-order valence-electron chi connectivity index (χ3n) is 5.11. The summed E-state index contributed by atoms with van der Waals surface area (Å²) in [6, 6.07) is 1.18. The first-order valence-electron chi connectivity index (χ1n) is 12.1. The molecular weight excluding hydrogens is 578 g/mol. The van der Waals surface area contributed by atoms with Gasteiger partial charge in [-0.3, -0.25) is 18.4 Å². The highest BCUT2D eigenvalue weighted by Gasteiger charge is 2.57. The standard InChI is InChI=1S/C21H32FN6O12P/c1-12(2)38-15(29)6-8-35-41(33,37-11-34-20(32)39-13(3)4)36-10-21(9-25-27-24)17(30)16(22)18(40-21)28-7-5-14(23)26-19(28)31/h5,7,12-13,16-18,30H,6,8-11H2,1-4H3,(H2,23,26,31)/t16-,17+,18-,21-,41?/m1/s1. The van der Waals surface area contributed by atoms with Gasteiger partial charge in [0.15, 0.2) is 12.4 Å². The molecule has 1 aliphatic rings. The molecule has 2 rings (SSSR count). The molecule has 230 valence electrons. The van der Waals surface area contributed by atoms with Crippen molar-refractivity contribution < 1.29 is 56.2 Å². The van der Waals surface area contributed by atoms with Crippen LogP contribution in [0.1, 0.15) is 40.3 Å².